The van der Waals surface area contributed by atoms with Gasteiger partial charge in [-0.2, -0.15) is 30.4 Å². The molecule has 0 aromatic rings. The third-order valence-corrected chi connectivity index (χ3v) is 2.69. The summed E-state index contributed by atoms with van der Waals surface area (Å²) in [4.78, 5) is 13.2. The Labute approximate surface area is 131 Å². The molecule has 0 aliphatic carbocycles. The maximum atomic E-state index is 13.0. The van der Waals surface area contributed by atoms with Gasteiger partial charge in [0, 0.05) is 0 Å². The summed E-state index contributed by atoms with van der Waals surface area (Å²) in [5, 5.41) is -5.70. The van der Waals surface area contributed by atoms with Gasteiger partial charge in [-0.25, -0.2) is 0 Å². The summed E-state index contributed by atoms with van der Waals surface area (Å²) in [5.41, 5.74) is -1.57. The van der Waals surface area contributed by atoms with E-state index in [1.54, 1.807) is 0 Å². The SMILES string of the molecule is CC(C)(C)C(=O)OC(C(F)(F)F)C(F)(F)S(=O)(=O)O.CN(C)C. The molecule has 6 nitrogen and oxygen atoms in total. The number of carbonyl (C=O) groups is 1. The summed E-state index contributed by atoms with van der Waals surface area (Å²) in [5.74, 6) is -1.70. The predicted molar refractivity (Wildman–Crippen MR) is 71.5 cm³/mol. The van der Waals surface area contributed by atoms with E-state index in [2.05, 4.69) is 4.74 Å². The Hall–Kier alpha value is -1.01. The number of ether oxygens (including phenoxy) is 1. The van der Waals surface area contributed by atoms with Crippen molar-refractivity contribution in [3.63, 3.8) is 0 Å². The first-order valence-electron chi connectivity index (χ1n) is 5.98. The molecule has 0 bridgehead atoms. The number of nitrogens with zero attached hydrogens (tertiary/aromatic N) is 1. The Kier molecular flexibility index (Phi) is 8.12. The van der Waals surface area contributed by atoms with Crippen LogP contribution in [0.4, 0.5) is 22.0 Å². The highest BCUT2D eigenvalue weighted by Gasteiger charge is 2.66. The minimum atomic E-state index is -6.41. The Morgan fingerprint density at radius 1 is 1.04 bits per heavy atom. The van der Waals surface area contributed by atoms with E-state index in [1.165, 1.54) is 0 Å². The molecule has 0 aliphatic rings. The van der Waals surface area contributed by atoms with Crippen molar-refractivity contribution >= 4 is 16.1 Å². The third-order valence-electron chi connectivity index (χ3n) is 1.78. The summed E-state index contributed by atoms with van der Waals surface area (Å²) in [6.07, 6.45) is -10.2. The molecule has 23 heavy (non-hydrogen) atoms. The first-order chi connectivity index (χ1) is 9.74. The van der Waals surface area contributed by atoms with E-state index in [0.717, 1.165) is 20.8 Å². The van der Waals surface area contributed by atoms with Crippen LogP contribution in [-0.4, -0.2) is 62.5 Å². The molecule has 0 heterocycles. The van der Waals surface area contributed by atoms with E-state index in [9.17, 15) is 35.2 Å². The number of esters is 1. The Morgan fingerprint density at radius 3 is 1.52 bits per heavy atom. The molecule has 0 saturated carbocycles. The lowest BCUT2D eigenvalue weighted by molar-refractivity contribution is -0.262. The molecule has 0 spiro atoms. The molecule has 12 heteroatoms. The van der Waals surface area contributed by atoms with Gasteiger partial charge in [-0.05, 0) is 41.9 Å². The van der Waals surface area contributed by atoms with Gasteiger partial charge < -0.3 is 9.64 Å². The van der Waals surface area contributed by atoms with Gasteiger partial charge in [0.25, 0.3) is 6.10 Å². The highest BCUT2D eigenvalue weighted by Crippen LogP contribution is 2.39. The normalized spacial score (nSPS) is 14.8. The number of hydrogen-bond donors (Lipinski definition) is 1. The van der Waals surface area contributed by atoms with Crippen LogP contribution in [0.15, 0.2) is 0 Å². The second kappa shape index (κ2) is 7.71. The van der Waals surface area contributed by atoms with Crippen molar-refractivity contribution in [3.05, 3.63) is 0 Å². The summed E-state index contributed by atoms with van der Waals surface area (Å²) in [6.45, 7) is 3.23. The van der Waals surface area contributed by atoms with E-state index in [1.807, 2.05) is 26.0 Å². The van der Waals surface area contributed by atoms with Crippen LogP contribution < -0.4 is 0 Å². The van der Waals surface area contributed by atoms with Crippen LogP contribution in [0, 0.1) is 5.41 Å². The Bertz CT molecular complexity index is 493. The van der Waals surface area contributed by atoms with Gasteiger partial charge in [0.15, 0.2) is 0 Å². The fraction of sp³-hybridized carbons (Fsp3) is 0.909. The average molecular weight is 373 g/mol. The fourth-order valence-electron chi connectivity index (χ4n) is 0.745. The lowest BCUT2D eigenvalue weighted by Gasteiger charge is -2.28. The minimum Gasteiger partial charge on any atom is -0.444 e. The van der Waals surface area contributed by atoms with Gasteiger partial charge in [0.2, 0.25) is 0 Å². The molecule has 1 unspecified atom stereocenters. The molecular weight excluding hydrogens is 353 g/mol. The molecule has 0 aliphatic heterocycles. The van der Waals surface area contributed by atoms with Crippen LogP contribution in [0.1, 0.15) is 20.8 Å². The highest BCUT2D eigenvalue weighted by molar-refractivity contribution is 7.86. The van der Waals surface area contributed by atoms with Crippen LogP contribution in [-0.2, 0) is 19.6 Å². The second-order valence-electron chi connectivity index (χ2n) is 5.96. The fourth-order valence-corrected chi connectivity index (χ4v) is 1.20. The van der Waals surface area contributed by atoms with Gasteiger partial charge in [-0.15, -0.1) is 0 Å². The number of halogens is 5. The first kappa shape index (κ1) is 24.2. The van der Waals surface area contributed by atoms with Crippen LogP contribution in [0.25, 0.3) is 0 Å². The number of hydrogen-bond acceptors (Lipinski definition) is 5. The van der Waals surface area contributed by atoms with Crippen molar-refractivity contribution in [1.82, 2.24) is 4.90 Å². The van der Waals surface area contributed by atoms with Crippen molar-refractivity contribution in [2.24, 2.45) is 5.41 Å². The quantitative estimate of drug-likeness (QED) is 0.464. The zero-order valence-electron chi connectivity index (χ0n) is 13.4. The Balaban J connectivity index is 0. The molecular formula is C11H20F5NO5S. The van der Waals surface area contributed by atoms with E-state index in [0.29, 0.717) is 0 Å². The van der Waals surface area contributed by atoms with Gasteiger partial charge in [-0.1, -0.05) is 0 Å². The van der Waals surface area contributed by atoms with Crippen molar-refractivity contribution in [2.75, 3.05) is 21.1 Å². The van der Waals surface area contributed by atoms with E-state index in [-0.39, 0.29) is 0 Å². The summed E-state index contributed by atoms with van der Waals surface area (Å²) in [7, 11) is -0.406. The Morgan fingerprint density at radius 2 is 1.35 bits per heavy atom. The lowest BCUT2D eigenvalue weighted by Crippen LogP contribution is -2.53. The topological polar surface area (TPSA) is 83.9 Å². The maximum Gasteiger partial charge on any atom is 0.432 e. The van der Waals surface area contributed by atoms with Crippen molar-refractivity contribution in [1.29, 1.82) is 0 Å². The van der Waals surface area contributed by atoms with Gasteiger partial charge in [0.05, 0.1) is 5.41 Å². The first-order valence-corrected chi connectivity index (χ1v) is 7.42. The second-order valence-corrected chi connectivity index (χ2v) is 7.45. The summed E-state index contributed by atoms with van der Waals surface area (Å²) >= 11 is 0. The largest absolute Gasteiger partial charge is 0.444 e. The van der Waals surface area contributed by atoms with Gasteiger partial charge >= 0.3 is 27.5 Å². The molecule has 0 rings (SSSR count). The van der Waals surface area contributed by atoms with E-state index in [4.69, 9.17) is 4.55 Å². The molecule has 0 fully saturated rings. The van der Waals surface area contributed by atoms with Crippen LogP contribution in [0.5, 0.6) is 0 Å². The lowest BCUT2D eigenvalue weighted by atomic mass is 9.97. The number of alkyl halides is 5. The third kappa shape index (κ3) is 8.42. The number of carbonyl (C=O) groups excluding carboxylic acids is 1. The standard InChI is InChI=1S/C8H11F5O5S.C3H9N/c1-6(2,3)5(14)18-4(7(9,10)11)8(12,13)19(15,16)17;1-4(2)3/h4H,1-3H3,(H,15,16,17);1-3H3. The maximum absolute atomic E-state index is 13.0. The van der Waals surface area contributed by atoms with Crippen LogP contribution >= 0.6 is 0 Å². The predicted octanol–water partition coefficient (Wildman–Crippen LogP) is 2.17. The van der Waals surface area contributed by atoms with Gasteiger partial charge in [0.1, 0.15) is 0 Å². The highest BCUT2D eigenvalue weighted by atomic mass is 32.2. The average Bonchev–Trinajstić information content (AvgIpc) is 2.19. The van der Waals surface area contributed by atoms with Crippen molar-refractivity contribution in [2.45, 2.75) is 38.3 Å². The van der Waals surface area contributed by atoms with Gasteiger partial charge in [-0.3, -0.25) is 9.35 Å². The minimum absolute atomic E-state index is 1.08. The molecule has 1 atom stereocenters. The summed E-state index contributed by atoms with van der Waals surface area (Å²) in [6, 6.07) is 0. The molecule has 140 valence electrons. The molecule has 0 radical (unpaired) electrons. The van der Waals surface area contributed by atoms with Crippen molar-refractivity contribution < 1.29 is 44.5 Å². The van der Waals surface area contributed by atoms with Crippen molar-refractivity contribution in [3.8, 4) is 0 Å². The van der Waals surface area contributed by atoms with E-state index >= 15 is 0 Å². The smallest absolute Gasteiger partial charge is 0.432 e. The molecule has 0 saturated heterocycles. The monoisotopic (exact) mass is 373 g/mol. The van der Waals surface area contributed by atoms with E-state index < -0.39 is 39.0 Å². The zero-order valence-corrected chi connectivity index (χ0v) is 14.2. The molecule has 0 aromatic carbocycles. The molecule has 0 amide bonds. The zero-order chi connectivity index (χ0) is 19.4. The van der Waals surface area contributed by atoms with Crippen LogP contribution in [0.2, 0.25) is 0 Å². The molecule has 1 N–H and O–H groups in total. The summed E-state index contributed by atoms with van der Waals surface area (Å²) < 4.78 is 95.3. The number of rotatable bonds is 3. The van der Waals surface area contributed by atoms with Crippen LogP contribution in [0.3, 0.4) is 0 Å². The molecule has 0 aromatic heterocycles.